The van der Waals surface area contributed by atoms with Crippen molar-refractivity contribution in [1.29, 1.82) is 0 Å². The largest absolute Gasteiger partial charge is 0.469 e. The van der Waals surface area contributed by atoms with Crippen LogP contribution in [-0.2, 0) is 9.53 Å². The van der Waals surface area contributed by atoms with Crippen LogP contribution in [0.1, 0.15) is 13.8 Å². The van der Waals surface area contributed by atoms with E-state index < -0.39 is 0 Å². The predicted molar refractivity (Wildman–Crippen MR) is 50.9 cm³/mol. The minimum Gasteiger partial charge on any atom is -0.469 e. The normalized spacial score (nSPS) is 38.8. The lowest BCUT2D eigenvalue weighted by Gasteiger charge is -2.32. The summed E-state index contributed by atoms with van der Waals surface area (Å²) in [6.45, 7) is 4.01. The van der Waals surface area contributed by atoms with E-state index in [-0.39, 0.29) is 29.8 Å². The lowest BCUT2D eigenvalue weighted by atomic mass is 9.77. The van der Waals surface area contributed by atoms with E-state index in [0.29, 0.717) is 0 Å². The standard InChI is InChI=1S/C10H17NO2/c1-6-4-5-7(2)9(11)8(6)10(12)13-3/h4-9H,11H2,1-3H3/t6-,7+,8-,9+/m1/s1. The Morgan fingerprint density at radius 2 is 1.85 bits per heavy atom. The van der Waals surface area contributed by atoms with E-state index in [4.69, 9.17) is 10.5 Å². The van der Waals surface area contributed by atoms with Gasteiger partial charge in [0.1, 0.15) is 0 Å². The molecule has 0 saturated carbocycles. The number of rotatable bonds is 1. The molecule has 0 saturated heterocycles. The van der Waals surface area contributed by atoms with Gasteiger partial charge in [-0.3, -0.25) is 4.79 Å². The minimum atomic E-state index is -0.198. The summed E-state index contributed by atoms with van der Waals surface area (Å²) in [4.78, 5) is 11.4. The van der Waals surface area contributed by atoms with Gasteiger partial charge in [-0.2, -0.15) is 0 Å². The van der Waals surface area contributed by atoms with Crippen molar-refractivity contribution in [2.45, 2.75) is 19.9 Å². The van der Waals surface area contributed by atoms with E-state index in [0.717, 1.165) is 0 Å². The van der Waals surface area contributed by atoms with Gasteiger partial charge in [0.05, 0.1) is 13.0 Å². The molecule has 0 aliphatic heterocycles. The Labute approximate surface area is 78.9 Å². The lowest BCUT2D eigenvalue weighted by Crippen LogP contribution is -2.45. The molecular formula is C10H17NO2. The summed E-state index contributed by atoms with van der Waals surface area (Å²) in [7, 11) is 1.41. The van der Waals surface area contributed by atoms with Gasteiger partial charge in [-0.15, -0.1) is 0 Å². The fraction of sp³-hybridized carbons (Fsp3) is 0.700. The maximum Gasteiger partial charge on any atom is 0.310 e. The smallest absolute Gasteiger partial charge is 0.310 e. The third-order valence-electron chi connectivity index (χ3n) is 2.78. The molecule has 0 heterocycles. The maximum absolute atomic E-state index is 11.4. The van der Waals surface area contributed by atoms with Gasteiger partial charge in [-0.05, 0) is 11.8 Å². The number of carbonyl (C=O) groups excluding carboxylic acids is 1. The first-order chi connectivity index (χ1) is 6.07. The average molecular weight is 183 g/mol. The van der Waals surface area contributed by atoms with E-state index in [9.17, 15) is 4.79 Å². The number of carbonyl (C=O) groups is 1. The van der Waals surface area contributed by atoms with Crippen LogP contribution in [0.2, 0.25) is 0 Å². The molecule has 3 heteroatoms. The van der Waals surface area contributed by atoms with Crippen molar-refractivity contribution in [3.8, 4) is 0 Å². The molecule has 1 rings (SSSR count). The van der Waals surface area contributed by atoms with Gasteiger partial charge in [0.25, 0.3) is 0 Å². The zero-order chi connectivity index (χ0) is 10.0. The Bertz CT molecular complexity index is 225. The van der Waals surface area contributed by atoms with Crippen LogP contribution in [0.25, 0.3) is 0 Å². The first kappa shape index (κ1) is 10.3. The third-order valence-corrected chi connectivity index (χ3v) is 2.78. The molecular weight excluding hydrogens is 166 g/mol. The number of methoxy groups -OCH3 is 1. The molecule has 0 aromatic heterocycles. The van der Waals surface area contributed by atoms with Crippen LogP contribution in [0.3, 0.4) is 0 Å². The van der Waals surface area contributed by atoms with Crippen molar-refractivity contribution in [2.75, 3.05) is 7.11 Å². The SMILES string of the molecule is COC(=O)[C@H]1[C@@H](N)[C@@H](C)C=C[C@H]1C. The number of hydrogen-bond acceptors (Lipinski definition) is 3. The molecule has 0 fully saturated rings. The minimum absolute atomic E-state index is 0.118. The molecule has 0 unspecified atom stereocenters. The number of allylic oxidation sites excluding steroid dienone is 1. The molecule has 0 aromatic carbocycles. The Balaban J connectivity index is 2.82. The average Bonchev–Trinajstić information content (AvgIpc) is 2.12. The van der Waals surface area contributed by atoms with E-state index in [1.807, 2.05) is 19.9 Å². The van der Waals surface area contributed by atoms with Gasteiger partial charge in [0, 0.05) is 6.04 Å². The fourth-order valence-electron chi connectivity index (χ4n) is 1.78. The Hall–Kier alpha value is -0.830. The summed E-state index contributed by atoms with van der Waals surface area (Å²) in [5.41, 5.74) is 5.94. The molecule has 4 atom stereocenters. The first-order valence-electron chi connectivity index (χ1n) is 4.59. The molecule has 0 amide bonds. The van der Waals surface area contributed by atoms with Crippen molar-refractivity contribution in [2.24, 2.45) is 23.5 Å². The Kier molecular flexibility index (Phi) is 3.09. The highest BCUT2D eigenvalue weighted by Crippen LogP contribution is 2.27. The predicted octanol–water partition coefficient (Wildman–Crippen LogP) is 0.945. The highest BCUT2D eigenvalue weighted by atomic mass is 16.5. The van der Waals surface area contributed by atoms with Crippen LogP contribution in [0.15, 0.2) is 12.2 Å². The van der Waals surface area contributed by atoms with Crippen LogP contribution in [0.4, 0.5) is 0 Å². The summed E-state index contributed by atoms with van der Waals surface area (Å²) >= 11 is 0. The summed E-state index contributed by atoms with van der Waals surface area (Å²) in [6.07, 6.45) is 4.10. The fourth-order valence-corrected chi connectivity index (χ4v) is 1.78. The van der Waals surface area contributed by atoms with Crippen LogP contribution >= 0.6 is 0 Å². The summed E-state index contributed by atoms with van der Waals surface area (Å²) < 4.78 is 4.73. The second-order valence-electron chi connectivity index (χ2n) is 3.73. The molecule has 0 aromatic rings. The molecule has 2 N–H and O–H groups in total. The molecule has 3 nitrogen and oxygen atoms in total. The topological polar surface area (TPSA) is 52.3 Å². The monoisotopic (exact) mass is 183 g/mol. The highest BCUT2D eigenvalue weighted by Gasteiger charge is 2.35. The number of ether oxygens (including phenoxy) is 1. The zero-order valence-corrected chi connectivity index (χ0v) is 8.36. The molecule has 1 aliphatic rings. The second kappa shape index (κ2) is 3.92. The molecule has 0 spiro atoms. The van der Waals surface area contributed by atoms with Crippen LogP contribution in [-0.4, -0.2) is 19.1 Å². The van der Waals surface area contributed by atoms with Gasteiger partial charge < -0.3 is 10.5 Å². The van der Waals surface area contributed by atoms with Gasteiger partial charge >= 0.3 is 5.97 Å². The van der Waals surface area contributed by atoms with Crippen LogP contribution < -0.4 is 5.73 Å². The van der Waals surface area contributed by atoms with E-state index >= 15 is 0 Å². The quantitative estimate of drug-likeness (QED) is 0.486. The Morgan fingerprint density at radius 1 is 1.31 bits per heavy atom. The van der Waals surface area contributed by atoms with Gasteiger partial charge in [0.2, 0.25) is 0 Å². The van der Waals surface area contributed by atoms with Crippen molar-refractivity contribution < 1.29 is 9.53 Å². The van der Waals surface area contributed by atoms with Crippen molar-refractivity contribution in [3.63, 3.8) is 0 Å². The summed E-state index contributed by atoms with van der Waals surface area (Å²) in [5, 5.41) is 0. The second-order valence-corrected chi connectivity index (χ2v) is 3.73. The number of esters is 1. The summed E-state index contributed by atoms with van der Waals surface area (Å²) in [6, 6.07) is -0.118. The highest BCUT2D eigenvalue weighted by molar-refractivity contribution is 5.74. The zero-order valence-electron chi connectivity index (χ0n) is 8.36. The van der Waals surface area contributed by atoms with Gasteiger partial charge in [0.15, 0.2) is 0 Å². The number of hydrogen-bond donors (Lipinski definition) is 1. The van der Waals surface area contributed by atoms with Gasteiger partial charge in [-0.25, -0.2) is 0 Å². The van der Waals surface area contributed by atoms with Crippen LogP contribution in [0.5, 0.6) is 0 Å². The van der Waals surface area contributed by atoms with Crippen molar-refractivity contribution in [1.82, 2.24) is 0 Å². The molecule has 74 valence electrons. The first-order valence-corrected chi connectivity index (χ1v) is 4.59. The van der Waals surface area contributed by atoms with Gasteiger partial charge in [-0.1, -0.05) is 26.0 Å². The van der Waals surface area contributed by atoms with E-state index in [2.05, 4.69) is 6.08 Å². The Morgan fingerprint density at radius 3 is 2.38 bits per heavy atom. The van der Waals surface area contributed by atoms with E-state index in [1.165, 1.54) is 7.11 Å². The molecule has 0 bridgehead atoms. The number of nitrogens with two attached hydrogens (primary N) is 1. The summed E-state index contributed by atoms with van der Waals surface area (Å²) in [5.74, 6) is 0.0418. The lowest BCUT2D eigenvalue weighted by molar-refractivity contribution is -0.148. The van der Waals surface area contributed by atoms with Crippen molar-refractivity contribution in [3.05, 3.63) is 12.2 Å². The third kappa shape index (κ3) is 1.91. The maximum atomic E-state index is 11.4. The van der Waals surface area contributed by atoms with Crippen LogP contribution in [0, 0.1) is 17.8 Å². The van der Waals surface area contributed by atoms with E-state index in [1.54, 1.807) is 0 Å². The molecule has 13 heavy (non-hydrogen) atoms. The van der Waals surface area contributed by atoms with Crippen molar-refractivity contribution >= 4 is 5.97 Å². The molecule has 0 radical (unpaired) electrons. The molecule has 1 aliphatic carbocycles.